The van der Waals surface area contributed by atoms with Gasteiger partial charge in [-0.05, 0) is 49.6 Å². The fourth-order valence-electron chi connectivity index (χ4n) is 3.81. The van der Waals surface area contributed by atoms with Gasteiger partial charge in [0.2, 0.25) is 0 Å². The van der Waals surface area contributed by atoms with Crippen LogP contribution in [0.1, 0.15) is 60.5 Å². The van der Waals surface area contributed by atoms with Crippen molar-refractivity contribution in [3.8, 4) is 5.69 Å². The first-order valence-corrected chi connectivity index (χ1v) is 10.8. The Labute approximate surface area is 182 Å². The van der Waals surface area contributed by atoms with Crippen LogP contribution < -0.4 is 0 Å². The molecule has 1 aliphatic heterocycles. The predicted octanol–water partition coefficient (Wildman–Crippen LogP) is 4.15. The number of methoxy groups -OCH3 is 1. The van der Waals surface area contributed by atoms with Crippen molar-refractivity contribution in [3.63, 3.8) is 0 Å². The number of hydrogen-bond donors (Lipinski definition) is 0. The summed E-state index contributed by atoms with van der Waals surface area (Å²) in [6.45, 7) is 0. The van der Waals surface area contributed by atoms with Gasteiger partial charge in [0.25, 0.3) is 0 Å². The van der Waals surface area contributed by atoms with Crippen LogP contribution in [-0.4, -0.2) is 38.5 Å². The lowest BCUT2D eigenvalue weighted by molar-refractivity contribution is -0.140. The van der Waals surface area contributed by atoms with Crippen molar-refractivity contribution < 1.29 is 9.53 Å². The molecule has 7 nitrogen and oxygen atoms in total. The van der Waals surface area contributed by atoms with Gasteiger partial charge in [0.05, 0.1) is 24.2 Å². The van der Waals surface area contributed by atoms with E-state index in [0.29, 0.717) is 12.3 Å². The first-order valence-electron chi connectivity index (χ1n) is 9.97. The molecule has 0 unspecified atom stereocenters. The summed E-state index contributed by atoms with van der Waals surface area (Å²) >= 11 is 3.60. The first-order chi connectivity index (χ1) is 14.7. The summed E-state index contributed by atoms with van der Waals surface area (Å²) in [6.07, 6.45) is 4.74. The Kier molecular flexibility index (Phi) is 4.94. The summed E-state index contributed by atoms with van der Waals surface area (Å²) in [6, 6.07) is 11.6. The molecule has 0 saturated heterocycles. The van der Waals surface area contributed by atoms with E-state index in [0.717, 1.165) is 51.6 Å². The number of hydrogen-bond acceptors (Lipinski definition) is 6. The standard InChI is InChI=1S/C22H20BrN5O2/c1-30-19(29)10-8-17-22-27-26-21(13-5-6-13)28(22)18-9-7-14(23)12-15(18)20(25-17)16-4-2-3-11-24-16/h2-4,7,9,11-13,17H,5-6,8,10H2,1H3/t17-/m0/s1. The third kappa shape index (κ3) is 3.45. The summed E-state index contributed by atoms with van der Waals surface area (Å²) in [5, 5.41) is 9.05. The maximum atomic E-state index is 11.9. The molecule has 0 radical (unpaired) electrons. The van der Waals surface area contributed by atoms with Gasteiger partial charge >= 0.3 is 5.97 Å². The van der Waals surface area contributed by atoms with Gasteiger partial charge < -0.3 is 4.74 Å². The summed E-state index contributed by atoms with van der Waals surface area (Å²) in [5.74, 6) is 1.88. The van der Waals surface area contributed by atoms with Crippen molar-refractivity contribution in [2.24, 2.45) is 4.99 Å². The zero-order chi connectivity index (χ0) is 20.7. The van der Waals surface area contributed by atoms with E-state index in [-0.39, 0.29) is 18.4 Å². The minimum atomic E-state index is -0.327. The molecule has 30 heavy (non-hydrogen) atoms. The molecule has 1 fully saturated rings. The minimum absolute atomic E-state index is 0.256. The van der Waals surface area contributed by atoms with Crippen LogP contribution in [0.4, 0.5) is 0 Å². The van der Waals surface area contributed by atoms with E-state index < -0.39 is 0 Å². The lowest BCUT2D eigenvalue weighted by Gasteiger charge is -2.14. The average molecular weight is 466 g/mol. The zero-order valence-electron chi connectivity index (χ0n) is 16.5. The van der Waals surface area contributed by atoms with Crippen LogP contribution in [0.2, 0.25) is 0 Å². The molecule has 0 N–H and O–H groups in total. The molecule has 3 heterocycles. The number of fused-ring (bicyclic) bond motifs is 3. The molecule has 152 valence electrons. The second-order valence-electron chi connectivity index (χ2n) is 7.51. The Bertz CT molecular complexity index is 1140. The fraction of sp³-hybridized carbons (Fsp3) is 0.318. The number of ether oxygens (including phenoxy) is 1. The Morgan fingerprint density at radius 1 is 1.20 bits per heavy atom. The van der Waals surface area contributed by atoms with Crippen LogP contribution in [0.3, 0.4) is 0 Å². The molecule has 1 atom stereocenters. The van der Waals surface area contributed by atoms with E-state index in [1.54, 1.807) is 6.20 Å². The van der Waals surface area contributed by atoms with Crippen LogP contribution in [0.15, 0.2) is 52.1 Å². The van der Waals surface area contributed by atoms with E-state index in [2.05, 4.69) is 47.8 Å². The molecule has 1 saturated carbocycles. The van der Waals surface area contributed by atoms with Gasteiger partial charge in [0.15, 0.2) is 5.82 Å². The van der Waals surface area contributed by atoms with Crippen LogP contribution in [0, 0.1) is 0 Å². The van der Waals surface area contributed by atoms with Crippen LogP contribution in [0.5, 0.6) is 0 Å². The number of benzene rings is 1. The Morgan fingerprint density at radius 3 is 2.77 bits per heavy atom. The SMILES string of the molecule is COC(=O)CC[C@@H]1N=C(c2ccccn2)c2cc(Br)ccc2-n2c(C3CC3)nnc21. The number of pyridine rings is 1. The highest BCUT2D eigenvalue weighted by Gasteiger charge is 2.35. The highest BCUT2D eigenvalue weighted by atomic mass is 79.9. The molecule has 0 bridgehead atoms. The normalized spacial score (nSPS) is 17.5. The summed E-state index contributed by atoms with van der Waals surface area (Å²) < 4.78 is 7.95. The highest BCUT2D eigenvalue weighted by Crippen LogP contribution is 2.43. The van der Waals surface area contributed by atoms with Gasteiger partial charge in [-0.15, -0.1) is 10.2 Å². The molecule has 0 amide bonds. The molecule has 2 aromatic heterocycles. The minimum Gasteiger partial charge on any atom is -0.469 e. The largest absolute Gasteiger partial charge is 0.469 e. The van der Waals surface area contributed by atoms with Crippen molar-refractivity contribution in [1.82, 2.24) is 19.7 Å². The van der Waals surface area contributed by atoms with Gasteiger partial charge in [0.1, 0.15) is 11.9 Å². The predicted molar refractivity (Wildman–Crippen MR) is 115 cm³/mol. The Hall–Kier alpha value is -2.87. The zero-order valence-corrected chi connectivity index (χ0v) is 18.0. The number of nitrogens with zero attached hydrogens (tertiary/aromatic N) is 5. The second-order valence-corrected chi connectivity index (χ2v) is 8.43. The second kappa shape index (κ2) is 7.75. The third-order valence-corrected chi connectivity index (χ3v) is 5.94. The number of halogens is 1. The maximum Gasteiger partial charge on any atom is 0.305 e. The quantitative estimate of drug-likeness (QED) is 0.528. The van der Waals surface area contributed by atoms with E-state index in [4.69, 9.17) is 9.73 Å². The number of aliphatic imine (C=N–C) groups is 1. The third-order valence-electron chi connectivity index (χ3n) is 5.45. The van der Waals surface area contributed by atoms with Crippen molar-refractivity contribution >= 4 is 27.6 Å². The van der Waals surface area contributed by atoms with Gasteiger partial charge in [-0.1, -0.05) is 22.0 Å². The molecule has 5 rings (SSSR count). The molecule has 3 aromatic rings. The molecule has 1 aromatic carbocycles. The average Bonchev–Trinajstić information content (AvgIpc) is 3.55. The molecule has 0 spiro atoms. The smallest absolute Gasteiger partial charge is 0.305 e. The fourth-order valence-corrected chi connectivity index (χ4v) is 4.17. The molecular formula is C22H20BrN5O2. The number of carbonyl (C=O) groups excluding carboxylic acids is 1. The number of esters is 1. The number of carbonyl (C=O) groups is 1. The van der Waals surface area contributed by atoms with Crippen LogP contribution in [-0.2, 0) is 9.53 Å². The van der Waals surface area contributed by atoms with E-state index in [1.165, 1.54) is 7.11 Å². The number of aromatic nitrogens is 4. The highest BCUT2D eigenvalue weighted by molar-refractivity contribution is 9.10. The summed E-state index contributed by atoms with van der Waals surface area (Å²) in [4.78, 5) is 21.5. The molecule has 2 aliphatic rings. The van der Waals surface area contributed by atoms with Crippen LogP contribution >= 0.6 is 15.9 Å². The number of rotatable bonds is 5. The van der Waals surface area contributed by atoms with Gasteiger partial charge in [-0.25, -0.2) is 0 Å². The maximum absolute atomic E-state index is 11.9. The van der Waals surface area contributed by atoms with Crippen molar-refractivity contribution in [3.05, 3.63) is 70.0 Å². The van der Waals surface area contributed by atoms with Gasteiger partial charge in [-0.2, -0.15) is 0 Å². The monoisotopic (exact) mass is 465 g/mol. The molecular weight excluding hydrogens is 446 g/mol. The van der Waals surface area contributed by atoms with Gasteiger partial charge in [0, 0.05) is 28.6 Å². The van der Waals surface area contributed by atoms with Gasteiger partial charge in [-0.3, -0.25) is 19.3 Å². The molecule has 1 aliphatic carbocycles. The van der Waals surface area contributed by atoms with E-state index in [9.17, 15) is 4.79 Å². The lowest BCUT2D eigenvalue weighted by atomic mass is 10.0. The summed E-state index contributed by atoms with van der Waals surface area (Å²) in [5.41, 5.74) is 3.53. The lowest BCUT2D eigenvalue weighted by Crippen LogP contribution is -2.10. The topological polar surface area (TPSA) is 82.3 Å². The Morgan fingerprint density at radius 2 is 2.03 bits per heavy atom. The first kappa shape index (κ1) is 19.1. The van der Waals surface area contributed by atoms with E-state index >= 15 is 0 Å². The van der Waals surface area contributed by atoms with E-state index in [1.807, 2.05) is 24.3 Å². The van der Waals surface area contributed by atoms with Crippen molar-refractivity contribution in [2.45, 2.75) is 37.6 Å². The summed E-state index contributed by atoms with van der Waals surface area (Å²) in [7, 11) is 1.40. The van der Waals surface area contributed by atoms with Crippen molar-refractivity contribution in [1.29, 1.82) is 0 Å². The molecule has 8 heteroatoms. The van der Waals surface area contributed by atoms with Crippen molar-refractivity contribution in [2.75, 3.05) is 7.11 Å². The van der Waals surface area contributed by atoms with Crippen LogP contribution in [0.25, 0.3) is 5.69 Å². The Balaban J connectivity index is 1.72.